The number of nitrogens with zero attached hydrogens (tertiary/aromatic N) is 1. The second kappa shape index (κ2) is 10.1. The number of nitrogens with one attached hydrogen (secondary N) is 1. The molecule has 3 aromatic carbocycles. The molecule has 1 unspecified atom stereocenters. The molecule has 0 saturated heterocycles. The third-order valence-corrected chi connectivity index (χ3v) is 7.53. The van der Waals surface area contributed by atoms with Crippen LogP contribution in [0.25, 0.3) is 0 Å². The van der Waals surface area contributed by atoms with Gasteiger partial charge in [-0.2, -0.15) is 0 Å². The van der Waals surface area contributed by atoms with Gasteiger partial charge in [-0.3, -0.25) is 9.10 Å². The molecular weight excluding hydrogens is 452 g/mol. The van der Waals surface area contributed by atoms with E-state index in [9.17, 15) is 18.0 Å². The lowest BCUT2D eigenvalue weighted by molar-refractivity contribution is -0.125. The number of hydrogen-bond acceptors (Lipinski definition) is 5. The molecule has 1 fully saturated rings. The zero-order valence-electron chi connectivity index (χ0n) is 18.8. The number of anilines is 1. The Kier molecular flexibility index (Phi) is 6.98. The van der Waals surface area contributed by atoms with Crippen LogP contribution in [-0.2, 0) is 19.6 Å². The maximum atomic E-state index is 13.0. The highest BCUT2D eigenvalue weighted by Crippen LogP contribution is 2.40. The van der Waals surface area contributed by atoms with Crippen LogP contribution < -0.4 is 9.62 Å². The fourth-order valence-corrected chi connectivity index (χ4v) is 4.95. The van der Waals surface area contributed by atoms with E-state index in [2.05, 4.69) is 5.32 Å². The summed E-state index contributed by atoms with van der Waals surface area (Å²) in [4.78, 5) is 25.0. The van der Waals surface area contributed by atoms with Crippen molar-refractivity contribution in [1.82, 2.24) is 5.32 Å². The average Bonchev–Trinajstić information content (AvgIpc) is 3.72. The van der Waals surface area contributed by atoms with Gasteiger partial charge in [-0.1, -0.05) is 54.6 Å². The Morgan fingerprint density at radius 1 is 0.971 bits per heavy atom. The van der Waals surface area contributed by atoms with Crippen molar-refractivity contribution in [2.75, 3.05) is 18.0 Å². The predicted molar refractivity (Wildman–Crippen MR) is 129 cm³/mol. The molecule has 8 heteroatoms. The molecule has 34 heavy (non-hydrogen) atoms. The van der Waals surface area contributed by atoms with Crippen LogP contribution in [0.3, 0.4) is 0 Å². The van der Waals surface area contributed by atoms with Crippen LogP contribution in [0, 0.1) is 5.92 Å². The fraction of sp³-hybridized carbons (Fsp3) is 0.231. The first-order valence-electron chi connectivity index (χ1n) is 11.0. The largest absolute Gasteiger partial charge is 0.452 e. The number of carbonyl (C=O) groups is 2. The van der Waals surface area contributed by atoms with Gasteiger partial charge in [-0.25, -0.2) is 13.2 Å². The van der Waals surface area contributed by atoms with Gasteiger partial charge in [0.2, 0.25) is 0 Å². The molecule has 1 amide bonds. The summed E-state index contributed by atoms with van der Waals surface area (Å²) in [5, 5.41) is 2.95. The van der Waals surface area contributed by atoms with Gasteiger partial charge in [0.1, 0.15) is 0 Å². The van der Waals surface area contributed by atoms with Crippen molar-refractivity contribution in [2.45, 2.75) is 23.8 Å². The maximum absolute atomic E-state index is 13.0. The van der Waals surface area contributed by atoms with Crippen molar-refractivity contribution in [3.8, 4) is 0 Å². The Bertz CT molecular complexity index is 1260. The van der Waals surface area contributed by atoms with E-state index >= 15 is 0 Å². The topological polar surface area (TPSA) is 92.8 Å². The molecule has 4 rings (SSSR count). The summed E-state index contributed by atoms with van der Waals surface area (Å²) in [6, 6.07) is 23.8. The molecule has 0 radical (unpaired) electrons. The molecule has 3 aromatic rings. The molecule has 1 saturated carbocycles. The Morgan fingerprint density at radius 2 is 1.62 bits per heavy atom. The minimum absolute atomic E-state index is 0.0457. The number of hydrogen-bond donors (Lipinski definition) is 1. The van der Waals surface area contributed by atoms with E-state index < -0.39 is 28.5 Å². The van der Waals surface area contributed by atoms with Crippen molar-refractivity contribution >= 4 is 27.6 Å². The molecular formula is C26H26N2O5S. The zero-order chi connectivity index (χ0) is 24.1. The van der Waals surface area contributed by atoms with E-state index in [0.29, 0.717) is 11.6 Å². The highest BCUT2D eigenvalue weighted by atomic mass is 32.2. The van der Waals surface area contributed by atoms with Gasteiger partial charge in [-0.05, 0) is 54.7 Å². The first-order chi connectivity index (χ1) is 16.4. The number of ether oxygens (including phenoxy) is 1. The molecule has 176 valence electrons. The van der Waals surface area contributed by atoms with Crippen LogP contribution >= 0.6 is 0 Å². The zero-order valence-corrected chi connectivity index (χ0v) is 19.6. The van der Waals surface area contributed by atoms with Crippen molar-refractivity contribution in [3.63, 3.8) is 0 Å². The third kappa shape index (κ3) is 5.46. The lowest BCUT2D eigenvalue weighted by Gasteiger charge is -2.20. The van der Waals surface area contributed by atoms with Crippen LogP contribution in [0.15, 0.2) is 89.8 Å². The average molecular weight is 479 g/mol. The summed E-state index contributed by atoms with van der Waals surface area (Å²) in [5.74, 6) is -0.788. The smallest absolute Gasteiger partial charge is 0.338 e. The first kappa shape index (κ1) is 23.5. The SMILES string of the molecule is CN(c1ccccc1)S(=O)(=O)c1cccc(C(=O)OCC(=O)NC(c2ccccc2)C2CC2)c1. The fourth-order valence-electron chi connectivity index (χ4n) is 3.71. The number of benzene rings is 3. The first-order valence-corrected chi connectivity index (χ1v) is 12.5. The highest BCUT2D eigenvalue weighted by Gasteiger charge is 2.33. The molecule has 7 nitrogen and oxygen atoms in total. The molecule has 0 aliphatic heterocycles. The van der Waals surface area contributed by atoms with Gasteiger partial charge in [0, 0.05) is 7.05 Å². The van der Waals surface area contributed by atoms with E-state index in [1.165, 1.54) is 31.3 Å². The van der Waals surface area contributed by atoms with Gasteiger partial charge in [0.25, 0.3) is 15.9 Å². The van der Waals surface area contributed by atoms with Crippen molar-refractivity contribution in [3.05, 3.63) is 96.1 Å². The molecule has 0 bridgehead atoms. The van der Waals surface area contributed by atoms with Crippen LogP contribution in [0.4, 0.5) is 5.69 Å². The van der Waals surface area contributed by atoms with Crippen molar-refractivity contribution in [2.24, 2.45) is 5.92 Å². The number of rotatable bonds is 9. The molecule has 0 heterocycles. The summed E-state index contributed by atoms with van der Waals surface area (Å²) >= 11 is 0. The minimum Gasteiger partial charge on any atom is -0.452 e. The van der Waals surface area contributed by atoms with Crippen molar-refractivity contribution in [1.29, 1.82) is 0 Å². The lowest BCUT2D eigenvalue weighted by Crippen LogP contribution is -2.33. The van der Waals surface area contributed by atoms with Gasteiger partial charge in [0.15, 0.2) is 6.61 Å². The molecule has 1 aliphatic carbocycles. The van der Waals surface area contributed by atoms with Gasteiger partial charge >= 0.3 is 5.97 Å². The molecule has 1 N–H and O–H groups in total. The summed E-state index contributed by atoms with van der Waals surface area (Å²) in [7, 11) is -2.43. The van der Waals surface area contributed by atoms with E-state index in [4.69, 9.17) is 4.74 Å². The number of para-hydroxylation sites is 1. The second-order valence-corrected chi connectivity index (χ2v) is 10.2. The van der Waals surface area contributed by atoms with E-state index in [1.807, 2.05) is 30.3 Å². The Morgan fingerprint density at radius 3 is 2.26 bits per heavy atom. The van der Waals surface area contributed by atoms with Crippen LogP contribution in [-0.4, -0.2) is 33.9 Å². The van der Waals surface area contributed by atoms with E-state index in [1.54, 1.807) is 30.3 Å². The summed E-state index contributed by atoms with van der Waals surface area (Å²) in [6.45, 7) is -0.449. The molecule has 1 atom stereocenters. The van der Waals surface area contributed by atoms with Gasteiger partial charge < -0.3 is 10.1 Å². The van der Waals surface area contributed by atoms with E-state index in [-0.39, 0.29) is 16.5 Å². The molecule has 0 aromatic heterocycles. The normalized spacial score (nSPS) is 14.1. The summed E-state index contributed by atoms with van der Waals surface area (Å²) < 4.78 is 32.3. The second-order valence-electron chi connectivity index (χ2n) is 8.21. The van der Waals surface area contributed by atoms with E-state index in [0.717, 1.165) is 22.7 Å². The van der Waals surface area contributed by atoms with Crippen molar-refractivity contribution < 1.29 is 22.7 Å². The number of esters is 1. The summed E-state index contributed by atoms with van der Waals surface area (Å²) in [5.41, 5.74) is 1.57. The number of carbonyl (C=O) groups excluding carboxylic acids is 2. The highest BCUT2D eigenvalue weighted by molar-refractivity contribution is 7.92. The predicted octanol–water partition coefficient (Wildman–Crippen LogP) is 3.94. The third-order valence-electron chi connectivity index (χ3n) is 5.75. The monoisotopic (exact) mass is 478 g/mol. The van der Waals surface area contributed by atoms with Gasteiger partial charge in [0.05, 0.1) is 22.2 Å². The number of amides is 1. The Balaban J connectivity index is 1.40. The van der Waals surface area contributed by atoms with Crippen LogP contribution in [0.5, 0.6) is 0 Å². The summed E-state index contributed by atoms with van der Waals surface area (Å²) in [6.07, 6.45) is 2.08. The van der Waals surface area contributed by atoms with Crippen LogP contribution in [0.1, 0.15) is 34.8 Å². The quantitative estimate of drug-likeness (QED) is 0.471. The van der Waals surface area contributed by atoms with Gasteiger partial charge in [-0.15, -0.1) is 0 Å². The molecule has 0 spiro atoms. The standard InChI is InChI=1S/C26H26N2O5S/c1-28(22-12-6-3-7-13-22)34(31,32)23-14-8-11-21(17-23)26(30)33-18-24(29)27-25(20-15-16-20)19-9-4-2-5-10-19/h2-14,17,20,25H,15-16,18H2,1H3,(H,27,29). The Labute approximate surface area is 199 Å². The minimum atomic E-state index is -3.88. The van der Waals surface area contributed by atoms with Crippen LogP contribution in [0.2, 0.25) is 0 Å². The Hall–Kier alpha value is -3.65. The lowest BCUT2D eigenvalue weighted by atomic mass is 10.0. The molecule has 1 aliphatic rings. The maximum Gasteiger partial charge on any atom is 0.338 e. The number of sulfonamides is 1.